The van der Waals surface area contributed by atoms with Crippen LogP contribution in [0.25, 0.3) is 17.0 Å². The molecule has 3 fully saturated rings. The number of benzene rings is 3. The molecule has 286 valence electrons. The van der Waals surface area contributed by atoms with Crippen LogP contribution in [-0.2, 0) is 19.2 Å². The minimum Gasteiger partial charge on any atom is -0.368 e. The Morgan fingerprint density at radius 2 is 1.59 bits per heavy atom. The highest BCUT2D eigenvalue weighted by Crippen LogP contribution is 2.32. The van der Waals surface area contributed by atoms with Gasteiger partial charge in [0.2, 0.25) is 29.6 Å². The third kappa shape index (κ3) is 7.33. The van der Waals surface area contributed by atoms with Gasteiger partial charge in [0.1, 0.15) is 6.04 Å². The second-order valence-corrected chi connectivity index (χ2v) is 14.7. The lowest BCUT2D eigenvalue weighted by Gasteiger charge is -2.37. The fourth-order valence-electron chi connectivity index (χ4n) is 8.23. The number of hydrogen-bond acceptors (Lipinski definition) is 10. The molecule has 8 rings (SSSR count). The van der Waals surface area contributed by atoms with Gasteiger partial charge < -0.3 is 20.0 Å². The SMILES string of the molecule is CC(=O)N(c1ccc(N2CCN(C(=O)/C=C/c3ccc4c(c3)C(=O)N(C3CCC(=O)NC3=O)C4=O)CC2)cc1)C1CCC(Nc2ncc3ccccc3n2)CC1. The minimum atomic E-state index is -1.04. The van der Waals surface area contributed by atoms with Gasteiger partial charge in [-0.1, -0.05) is 24.3 Å². The first-order valence-corrected chi connectivity index (χ1v) is 19.1. The fraction of sp³-hybridized carbons (Fsp3) is 0.333. The molecule has 56 heavy (non-hydrogen) atoms. The number of piperazine rings is 1. The van der Waals surface area contributed by atoms with E-state index in [4.69, 9.17) is 0 Å². The Bertz CT molecular complexity index is 2260. The quantitative estimate of drug-likeness (QED) is 0.197. The van der Waals surface area contributed by atoms with E-state index < -0.39 is 29.7 Å². The summed E-state index contributed by atoms with van der Waals surface area (Å²) in [5.41, 5.74) is 3.72. The van der Waals surface area contributed by atoms with Gasteiger partial charge in [-0.3, -0.25) is 39.0 Å². The molecule has 1 saturated carbocycles. The number of piperidine rings is 1. The van der Waals surface area contributed by atoms with Crippen molar-refractivity contribution >= 4 is 69.7 Å². The summed E-state index contributed by atoms with van der Waals surface area (Å²) in [6.45, 7) is 3.93. The molecular formula is C42H42N8O6. The standard InChI is InChI=1S/C42H42N8O6/c1-26(51)49(31-10-8-29(9-11-31)44-42-43-25-28-4-2-3-5-35(28)45-42)32-14-12-30(13-15-32)47-20-22-48(23-21-47)38(53)19-7-27-6-16-33-34(24-27)41(56)50(40(33)55)36-17-18-37(52)46-39(36)54/h2-7,12-16,19,24-25,29,31,36H,8-11,17-18,20-23H2,1H3,(H,43,44,45)(H,46,52,54)/b19-7+. The van der Waals surface area contributed by atoms with E-state index in [1.807, 2.05) is 59.6 Å². The van der Waals surface area contributed by atoms with Gasteiger partial charge in [-0.2, -0.15) is 0 Å². The minimum absolute atomic E-state index is 0.0152. The Morgan fingerprint density at radius 1 is 0.857 bits per heavy atom. The molecule has 0 radical (unpaired) electrons. The van der Waals surface area contributed by atoms with Crippen molar-refractivity contribution in [1.29, 1.82) is 0 Å². The zero-order valence-electron chi connectivity index (χ0n) is 31.0. The van der Waals surface area contributed by atoms with E-state index in [-0.39, 0.29) is 47.9 Å². The molecule has 4 aromatic rings. The number of carbonyl (C=O) groups excluding carboxylic acids is 6. The van der Waals surface area contributed by atoms with Crippen molar-refractivity contribution in [2.75, 3.05) is 41.3 Å². The topological polar surface area (TPSA) is 165 Å². The van der Waals surface area contributed by atoms with E-state index in [9.17, 15) is 28.8 Å². The number of nitrogens with zero attached hydrogens (tertiary/aromatic N) is 6. The van der Waals surface area contributed by atoms with Crippen LogP contribution in [0.3, 0.4) is 0 Å². The molecular weight excluding hydrogens is 713 g/mol. The van der Waals surface area contributed by atoms with Gasteiger partial charge in [-0.05, 0) is 86.2 Å². The summed E-state index contributed by atoms with van der Waals surface area (Å²) in [7, 11) is 0. The van der Waals surface area contributed by atoms with Crippen LogP contribution in [0, 0.1) is 0 Å². The van der Waals surface area contributed by atoms with E-state index in [0.29, 0.717) is 37.7 Å². The number of aromatic nitrogens is 2. The van der Waals surface area contributed by atoms with Gasteiger partial charge in [0.15, 0.2) is 0 Å². The van der Waals surface area contributed by atoms with Crippen molar-refractivity contribution in [2.45, 2.75) is 63.6 Å². The Morgan fingerprint density at radius 3 is 2.32 bits per heavy atom. The van der Waals surface area contributed by atoms with Crippen LogP contribution in [0.5, 0.6) is 0 Å². The second-order valence-electron chi connectivity index (χ2n) is 14.7. The monoisotopic (exact) mass is 754 g/mol. The molecule has 1 aliphatic carbocycles. The molecule has 0 bridgehead atoms. The number of amides is 6. The van der Waals surface area contributed by atoms with E-state index in [1.165, 1.54) is 12.1 Å². The lowest BCUT2D eigenvalue weighted by Crippen LogP contribution is -2.54. The number of anilines is 3. The highest BCUT2D eigenvalue weighted by atomic mass is 16.2. The maximum Gasteiger partial charge on any atom is 0.262 e. The molecule has 3 aromatic carbocycles. The average Bonchev–Trinajstić information content (AvgIpc) is 3.45. The molecule has 6 amide bonds. The molecule has 14 heteroatoms. The zero-order chi connectivity index (χ0) is 38.9. The Hall–Kier alpha value is -6.44. The van der Waals surface area contributed by atoms with E-state index in [0.717, 1.165) is 52.9 Å². The fourth-order valence-corrected chi connectivity index (χ4v) is 8.23. The summed E-state index contributed by atoms with van der Waals surface area (Å²) in [6.07, 6.45) is 8.58. The predicted molar refractivity (Wildman–Crippen MR) is 210 cm³/mol. The first kappa shape index (κ1) is 36.5. The molecule has 3 aliphatic heterocycles. The van der Waals surface area contributed by atoms with Crippen LogP contribution in [0.15, 0.2) is 79.0 Å². The first-order chi connectivity index (χ1) is 27.1. The van der Waals surface area contributed by atoms with E-state index in [2.05, 4.69) is 25.5 Å². The lowest BCUT2D eigenvalue weighted by molar-refractivity contribution is -0.136. The van der Waals surface area contributed by atoms with Gasteiger partial charge in [-0.25, -0.2) is 9.97 Å². The third-order valence-electron chi connectivity index (χ3n) is 11.2. The number of rotatable bonds is 8. The summed E-state index contributed by atoms with van der Waals surface area (Å²) in [6, 6.07) is 20.0. The summed E-state index contributed by atoms with van der Waals surface area (Å²) in [4.78, 5) is 92.2. The summed E-state index contributed by atoms with van der Waals surface area (Å²) >= 11 is 0. The van der Waals surface area contributed by atoms with Crippen molar-refractivity contribution in [1.82, 2.24) is 25.1 Å². The van der Waals surface area contributed by atoms with Crippen molar-refractivity contribution in [3.8, 4) is 0 Å². The van der Waals surface area contributed by atoms with Crippen LogP contribution >= 0.6 is 0 Å². The molecule has 1 aromatic heterocycles. The maximum absolute atomic E-state index is 13.2. The summed E-state index contributed by atoms with van der Waals surface area (Å²) in [5.74, 6) is -1.78. The Labute approximate surface area is 323 Å². The van der Waals surface area contributed by atoms with Crippen LogP contribution < -0.4 is 20.4 Å². The number of carbonyl (C=O) groups is 6. The number of hydrogen-bond donors (Lipinski definition) is 2. The molecule has 0 spiro atoms. The normalized spacial score (nSPS) is 21.4. The molecule has 1 atom stereocenters. The van der Waals surface area contributed by atoms with Crippen LogP contribution in [-0.4, -0.2) is 99.5 Å². The Kier molecular flexibility index (Phi) is 10.0. The second kappa shape index (κ2) is 15.4. The molecule has 2 saturated heterocycles. The number of fused-ring (bicyclic) bond motifs is 2. The highest BCUT2D eigenvalue weighted by Gasteiger charge is 2.44. The third-order valence-corrected chi connectivity index (χ3v) is 11.2. The summed E-state index contributed by atoms with van der Waals surface area (Å²) < 4.78 is 0. The van der Waals surface area contributed by atoms with Gasteiger partial charge in [-0.15, -0.1) is 0 Å². The van der Waals surface area contributed by atoms with Gasteiger partial charge in [0.25, 0.3) is 11.8 Å². The average molecular weight is 755 g/mol. The van der Waals surface area contributed by atoms with Crippen LogP contribution in [0.2, 0.25) is 0 Å². The molecule has 4 heterocycles. The smallest absolute Gasteiger partial charge is 0.262 e. The number of nitrogens with one attached hydrogen (secondary N) is 2. The zero-order valence-corrected chi connectivity index (χ0v) is 31.0. The van der Waals surface area contributed by atoms with Crippen molar-refractivity contribution < 1.29 is 28.8 Å². The van der Waals surface area contributed by atoms with E-state index >= 15 is 0 Å². The van der Waals surface area contributed by atoms with Crippen molar-refractivity contribution in [3.05, 3.63) is 95.7 Å². The first-order valence-electron chi connectivity index (χ1n) is 19.1. The maximum atomic E-state index is 13.2. The molecule has 1 unspecified atom stereocenters. The highest BCUT2D eigenvalue weighted by molar-refractivity contribution is 6.23. The predicted octanol–water partition coefficient (Wildman–Crippen LogP) is 4.17. The van der Waals surface area contributed by atoms with E-state index in [1.54, 1.807) is 30.0 Å². The molecule has 2 N–H and O–H groups in total. The van der Waals surface area contributed by atoms with Crippen LogP contribution in [0.4, 0.5) is 17.3 Å². The van der Waals surface area contributed by atoms with Crippen molar-refractivity contribution in [3.63, 3.8) is 0 Å². The number of para-hydroxylation sites is 1. The largest absolute Gasteiger partial charge is 0.368 e. The molecule has 14 nitrogen and oxygen atoms in total. The van der Waals surface area contributed by atoms with Gasteiger partial charge in [0, 0.05) is 80.6 Å². The van der Waals surface area contributed by atoms with Gasteiger partial charge in [0.05, 0.1) is 16.6 Å². The van der Waals surface area contributed by atoms with Crippen molar-refractivity contribution in [2.24, 2.45) is 0 Å². The van der Waals surface area contributed by atoms with Crippen LogP contribution in [0.1, 0.15) is 71.7 Å². The lowest BCUT2D eigenvalue weighted by atomic mass is 9.89. The number of imide groups is 2. The Balaban J connectivity index is 0.830. The molecule has 4 aliphatic rings. The van der Waals surface area contributed by atoms with Gasteiger partial charge >= 0.3 is 0 Å². The summed E-state index contributed by atoms with van der Waals surface area (Å²) in [5, 5.41) is 6.69.